The minimum atomic E-state index is -4.57. The normalized spacial score (nSPS) is 15.2. The van der Waals surface area contributed by atoms with Gasteiger partial charge in [0.15, 0.2) is 0 Å². The smallest absolute Gasteiger partial charge is 0.280 e. The third kappa shape index (κ3) is 4.25. The molecule has 0 saturated heterocycles. The van der Waals surface area contributed by atoms with Gasteiger partial charge in [-0.15, -0.1) is 0 Å². The van der Waals surface area contributed by atoms with E-state index in [1.807, 2.05) is 0 Å². The van der Waals surface area contributed by atoms with Crippen molar-refractivity contribution < 1.29 is 30.0 Å². The Morgan fingerprint density at radius 1 is 1.00 bits per heavy atom. The van der Waals surface area contributed by atoms with Gasteiger partial charge in [0.1, 0.15) is 0 Å². The number of hydrogen-bond donors (Lipinski definition) is 1. The first-order valence-corrected chi connectivity index (χ1v) is 11.5. The average Bonchev–Trinajstić information content (AvgIpc) is 2.59. The van der Waals surface area contributed by atoms with E-state index in [0.717, 1.165) is 24.0 Å². The zero-order chi connectivity index (χ0) is 20.7. The van der Waals surface area contributed by atoms with Gasteiger partial charge in [0.2, 0.25) is 10.0 Å². The quantitative estimate of drug-likeness (QED) is 0.801. The number of nitrogens with one attached hydrogen (secondary N) is 1. The molecule has 0 bridgehead atoms. The van der Waals surface area contributed by atoms with Crippen LogP contribution in [0.4, 0.5) is 24.5 Å². The summed E-state index contributed by atoms with van der Waals surface area (Å²) in [6.07, 6.45) is -2.19. The molecule has 0 amide bonds. The van der Waals surface area contributed by atoms with Gasteiger partial charge < -0.3 is 0 Å². The van der Waals surface area contributed by atoms with Crippen LogP contribution in [-0.2, 0) is 32.6 Å². The van der Waals surface area contributed by atoms with Crippen LogP contribution in [0.2, 0.25) is 0 Å². The van der Waals surface area contributed by atoms with Gasteiger partial charge in [0, 0.05) is 6.54 Å². The van der Waals surface area contributed by atoms with Crippen LogP contribution in [0.5, 0.6) is 0 Å². The second-order valence-electron chi connectivity index (χ2n) is 6.41. The Balaban J connectivity index is 1.91. The van der Waals surface area contributed by atoms with Crippen molar-refractivity contribution in [2.75, 3.05) is 21.8 Å². The molecule has 0 unspecified atom stereocenters. The van der Waals surface area contributed by atoms with Crippen molar-refractivity contribution in [1.82, 2.24) is 0 Å². The summed E-state index contributed by atoms with van der Waals surface area (Å²) in [7, 11) is -7.66. The average molecular weight is 434 g/mol. The monoisotopic (exact) mass is 434 g/mol. The van der Waals surface area contributed by atoms with E-state index in [1.165, 1.54) is 16.4 Å². The van der Waals surface area contributed by atoms with Gasteiger partial charge in [-0.2, -0.15) is 13.2 Å². The highest BCUT2D eigenvalue weighted by molar-refractivity contribution is 7.92. The van der Waals surface area contributed by atoms with Crippen LogP contribution >= 0.6 is 0 Å². The molecule has 28 heavy (non-hydrogen) atoms. The number of aryl methyl sites for hydroxylation is 1. The molecule has 0 atom stereocenters. The fourth-order valence-corrected chi connectivity index (χ4v) is 5.02. The molecule has 0 spiro atoms. The van der Waals surface area contributed by atoms with Crippen molar-refractivity contribution in [3.05, 3.63) is 53.6 Å². The number of benzene rings is 2. The molecule has 2 aromatic rings. The summed E-state index contributed by atoms with van der Waals surface area (Å²) in [6, 6.07) is 7.65. The topological polar surface area (TPSA) is 83.6 Å². The predicted molar refractivity (Wildman–Crippen MR) is 99.2 cm³/mol. The first-order chi connectivity index (χ1) is 12.9. The van der Waals surface area contributed by atoms with Crippen molar-refractivity contribution in [3.63, 3.8) is 0 Å². The van der Waals surface area contributed by atoms with Crippen LogP contribution in [-0.4, -0.2) is 29.6 Å². The molecule has 1 aliphatic heterocycles. The lowest BCUT2D eigenvalue weighted by molar-refractivity contribution is -0.137. The van der Waals surface area contributed by atoms with Crippen LogP contribution in [0.25, 0.3) is 0 Å². The van der Waals surface area contributed by atoms with E-state index < -0.39 is 31.8 Å². The van der Waals surface area contributed by atoms with Crippen LogP contribution in [0.15, 0.2) is 47.4 Å². The minimum Gasteiger partial charge on any atom is -0.280 e. The summed E-state index contributed by atoms with van der Waals surface area (Å²) >= 11 is 0. The maximum absolute atomic E-state index is 12.6. The Bertz CT molecular complexity index is 1100. The van der Waals surface area contributed by atoms with E-state index in [1.54, 1.807) is 6.07 Å². The summed E-state index contributed by atoms with van der Waals surface area (Å²) in [5.74, 6) is 0. The van der Waals surface area contributed by atoms with Crippen LogP contribution in [0, 0.1) is 0 Å². The summed E-state index contributed by atoms with van der Waals surface area (Å²) < 4.78 is 90.3. The SMILES string of the molecule is CS(=O)(=O)N1CCCc2ccc(NS(=O)(=O)c3ccc(C(F)(F)F)cc3)cc21. The molecule has 0 aliphatic carbocycles. The molecule has 3 rings (SSSR count). The summed E-state index contributed by atoms with van der Waals surface area (Å²) in [5.41, 5.74) is 0.328. The van der Waals surface area contributed by atoms with E-state index in [2.05, 4.69) is 4.72 Å². The van der Waals surface area contributed by atoms with Crippen LogP contribution in [0.1, 0.15) is 17.5 Å². The largest absolute Gasteiger partial charge is 0.416 e. The highest BCUT2D eigenvalue weighted by Gasteiger charge is 2.31. The molecule has 1 N–H and O–H groups in total. The number of halogens is 3. The Kier molecular flexibility index (Phi) is 5.09. The number of rotatable bonds is 4. The van der Waals surface area contributed by atoms with E-state index in [4.69, 9.17) is 0 Å². The lowest BCUT2D eigenvalue weighted by Gasteiger charge is -2.29. The van der Waals surface area contributed by atoms with Crippen molar-refractivity contribution >= 4 is 31.4 Å². The molecular formula is C17H17F3N2O4S2. The van der Waals surface area contributed by atoms with Gasteiger partial charge in [-0.1, -0.05) is 6.07 Å². The highest BCUT2D eigenvalue weighted by Crippen LogP contribution is 2.33. The molecule has 0 saturated carbocycles. The third-order valence-corrected chi connectivity index (χ3v) is 6.88. The van der Waals surface area contributed by atoms with Crippen LogP contribution < -0.4 is 9.03 Å². The van der Waals surface area contributed by atoms with Gasteiger partial charge in [-0.05, 0) is 54.8 Å². The van der Waals surface area contributed by atoms with Gasteiger partial charge in [-0.3, -0.25) is 9.03 Å². The first kappa shape index (κ1) is 20.5. The summed E-state index contributed by atoms with van der Waals surface area (Å²) in [6.45, 7) is 0.293. The lowest BCUT2D eigenvalue weighted by atomic mass is 10.0. The van der Waals surface area contributed by atoms with Crippen molar-refractivity contribution in [2.24, 2.45) is 0 Å². The Morgan fingerprint density at radius 2 is 1.64 bits per heavy atom. The van der Waals surface area contributed by atoms with E-state index in [-0.39, 0.29) is 10.6 Å². The van der Waals surface area contributed by atoms with Crippen molar-refractivity contribution in [3.8, 4) is 0 Å². The van der Waals surface area contributed by atoms with Gasteiger partial charge in [-0.25, -0.2) is 16.8 Å². The molecule has 152 valence electrons. The number of nitrogens with zero attached hydrogens (tertiary/aromatic N) is 1. The fraction of sp³-hybridized carbons (Fsp3) is 0.294. The fourth-order valence-electron chi connectivity index (χ4n) is 2.99. The van der Waals surface area contributed by atoms with Crippen molar-refractivity contribution in [1.29, 1.82) is 0 Å². The maximum Gasteiger partial charge on any atom is 0.416 e. The third-order valence-electron chi connectivity index (χ3n) is 4.31. The van der Waals surface area contributed by atoms with E-state index in [9.17, 15) is 30.0 Å². The molecule has 11 heteroatoms. The van der Waals surface area contributed by atoms with Gasteiger partial charge in [0.25, 0.3) is 10.0 Å². The first-order valence-electron chi connectivity index (χ1n) is 8.19. The Morgan fingerprint density at radius 3 is 2.21 bits per heavy atom. The number of anilines is 2. The summed E-state index contributed by atoms with van der Waals surface area (Å²) in [4.78, 5) is -0.335. The minimum absolute atomic E-state index is 0.120. The van der Waals surface area contributed by atoms with Crippen LogP contribution in [0.3, 0.4) is 0 Å². The molecule has 0 fully saturated rings. The van der Waals surface area contributed by atoms with Gasteiger partial charge in [0.05, 0.1) is 28.1 Å². The zero-order valence-corrected chi connectivity index (χ0v) is 16.3. The van der Waals surface area contributed by atoms with E-state index in [0.29, 0.717) is 37.2 Å². The molecule has 0 radical (unpaired) electrons. The zero-order valence-electron chi connectivity index (χ0n) is 14.7. The number of fused-ring (bicyclic) bond motifs is 1. The standard InChI is InChI=1S/C17H17F3N2O4S2/c1-27(23,24)22-10-2-3-12-4-7-14(11-16(12)22)21-28(25,26)15-8-5-13(6-9-15)17(18,19)20/h4-9,11,21H,2-3,10H2,1H3. The molecular weight excluding hydrogens is 417 g/mol. The molecule has 1 heterocycles. The van der Waals surface area contributed by atoms with E-state index >= 15 is 0 Å². The number of sulfonamides is 2. The Labute approximate surface area is 161 Å². The molecule has 1 aliphatic rings. The second kappa shape index (κ2) is 6.96. The molecule has 0 aromatic heterocycles. The number of hydrogen-bond acceptors (Lipinski definition) is 4. The molecule has 6 nitrogen and oxygen atoms in total. The second-order valence-corrected chi connectivity index (χ2v) is 10.00. The summed E-state index contributed by atoms with van der Waals surface area (Å²) in [5, 5.41) is 0. The highest BCUT2D eigenvalue weighted by atomic mass is 32.2. The van der Waals surface area contributed by atoms with Gasteiger partial charge >= 0.3 is 6.18 Å². The Hall–Kier alpha value is -2.27. The maximum atomic E-state index is 12.6. The van der Waals surface area contributed by atoms with Crippen molar-refractivity contribution in [2.45, 2.75) is 23.9 Å². The predicted octanol–water partition coefficient (Wildman–Crippen LogP) is 3.22. The number of alkyl halides is 3. The lowest BCUT2D eigenvalue weighted by Crippen LogP contribution is -2.34. The molecule has 2 aromatic carbocycles.